The molecule has 16 heavy (non-hydrogen) atoms. The van der Waals surface area contributed by atoms with Gasteiger partial charge in [0.15, 0.2) is 5.78 Å². The van der Waals surface area contributed by atoms with E-state index >= 15 is 0 Å². The molecular weight excluding hydrogens is 202 g/mol. The zero-order valence-corrected chi connectivity index (χ0v) is 10.2. The molecule has 0 saturated heterocycles. The molecule has 0 aliphatic heterocycles. The summed E-state index contributed by atoms with van der Waals surface area (Å²) < 4.78 is 7.59. The number of aromatic nitrogens is 1. The van der Waals surface area contributed by atoms with E-state index in [4.69, 9.17) is 4.74 Å². The first-order valence-electron chi connectivity index (χ1n) is 5.80. The average Bonchev–Trinajstić information content (AvgIpc) is 2.63. The summed E-state index contributed by atoms with van der Waals surface area (Å²) in [5.74, 6) is 0.287. The third-order valence-electron chi connectivity index (χ3n) is 3.30. The van der Waals surface area contributed by atoms with Gasteiger partial charge in [-0.3, -0.25) is 4.79 Å². The lowest BCUT2D eigenvalue weighted by Gasteiger charge is -2.25. The lowest BCUT2D eigenvalue weighted by molar-refractivity contribution is 0.00758. The van der Waals surface area contributed by atoms with Gasteiger partial charge in [-0.1, -0.05) is 0 Å². The molecule has 0 spiro atoms. The minimum Gasteiger partial charge on any atom is -0.377 e. The summed E-state index contributed by atoms with van der Waals surface area (Å²) in [4.78, 5) is 11.7. The Hall–Kier alpha value is -1.09. The van der Waals surface area contributed by atoms with Crippen LogP contribution in [0.25, 0.3) is 0 Å². The normalized spacial score (nSPS) is 16.3. The van der Waals surface area contributed by atoms with Crippen LogP contribution in [0.5, 0.6) is 0 Å². The SMILES string of the molecule is COC(C)(C)Cn1ccc2c1CCCC2=O. The van der Waals surface area contributed by atoms with E-state index in [1.54, 1.807) is 7.11 Å². The number of hydrogen-bond acceptors (Lipinski definition) is 2. The number of rotatable bonds is 3. The summed E-state index contributed by atoms with van der Waals surface area (Å²) in [6.07, 6.45) is 4.69. The van der Waals surface area contributed by atoms with Gasteiger partial charge in [-0.25, -0.2) is 0 Å². The number of Topliss-reactive ketones (excluding diaryl/α,β-unsaturated/α-hetero) is 1. The predicted octanol–water partition coefficient (Wildman–Crippen LogP) is 2.43. The molecule has 1 aromatic heterocycles. The predicted molar refractivity (Wildman–Crippen MR) is 62.8 cm³/mol. The monoisotopic (exact) mass is 221 g/mol. The lowest BCUT2D eigenvalue weighted by Crippen LogP contribution is -2.30. The van der Waals surface area contributed by atoms with Gasteiger partial charge in [0.1, 0.15) is 0 Å². The number of ether oxygens (including phenoxy) is 1. The fourth-order valence-electron chi connectivity index (χ4n) is 2.21. The smallest absolute Gasteiger partial charge is 0.164 e. The van der Waals surface area contributed by atoms with Crippen molar-refractivity contribution in [2.75, 3.05) is 7.11 Å². The highest BCUT2D eigenvalue weighted by Crippen LogP contribution is 2.24. The molecule has 2 rings (SSSR count). The molecule has 3 nitrogen and oxygen atoms in total. The number of methoxy groups -OCH3 is 1. The van der Waals surface area contributed by atoms with Gasteiger partial charge in [0.25, 0.3) is 0 Å². The molecule has 0 radical (unpaired) electrons. The topological polar surface area (TPSA) is 31.2 Å². The second-order valence-corrected chi connectivity index (χ2v) is 5.04. The zero-order valence-electron chi connectivity index (χ0n) is 10.2. The molecule has 1 aliphatic carbocycles. The molecular formula is C13H19NO2. The maximum Gasteiger partial charge on any atom is 0.164 e. The van der Waals surface area contributed by atoms with Crippen LogP contribution >= 0.6 is 0 Å². The zero-order chi connectivity index (χ0) is 11.8. The standard InChI is InChI=1S/C13H19NO2/c1-13(2,16-3)9-14-8-7-10-11(14)5-4-6-12(10)15/h7-8H,4-6,9H2,1-3H3. The van der Waals surface area contributed by atoms with Crippen molar-refractivity contribution in [2.45, 2.75) is 45.3 Å². The number of carbonyl (C=O) groups is 1. The lowest BCUT2D eigenvalue weighted by atomic mass is 9.96. The minimum atomic E-state index is -0.187. The first kappa shape index (κ1) is 11.4. The maximum absolute atomic E-state index is 11.7. The minimum absolute atomic E-state index is 0.187. The fourth-order valence-corrected chi connectivity index (χ4v) is 2.21. The molecule has 0 aromatic carbocycles. The van der Waals surface area contributed by atoms with E-state index in [2.05, 4.69) is 18.4 Å². The second kappa shape index (κ2) is 4.06. The summed E-state index contributed by atoms with van der Waals surface area (Å²) in [5, 5.41) is 0. The van der Waals surface area contributed by atoms with Crippen LogP contribution < -0.4 is 0 Å². The van der Waals surface area contributed by atoms with Crippen LogP contribution in [0.2, 0.25) is 0 Å². The molecule has 3 heteroatoms. The second-order valence-electron chi connectivity index (χ2n) is 5.04. The molecule has 1 heterocycles. The van der Waals surface area contributed by atoms with Crippen LogP contribution in [0.1, 0.15) is 42.7 Å². The number of carbonyl (C=O) groups excluding carboxylic acids is 1. The van der Waals surface area contributed by atoms with Crippen molar-refractivity contribution < 1.29 is 9.53 Å². The Morgan fingerprint density at radius 3 is 2.88 bits per heavy atom. The highest BCUT2D eigenvalue weighted by molar-refractivity contribution is 5.98. The number of ketones is 1. The quantitative estimate of drug-likeness (QED) is 0.785. The average molecular weight is 221 g/mol. The van der Waals surface area contributed by atoms with Gasteiger partial charge in [0.2, 0.25) is 0 Å². The Balaban J connectivity index is 2.27. The van der Waals surface area contributed by atoms with Crippen LogP contribution in [0, 0.1) is 0 Å². The molecule has 88 valence electrons. The van der Waals surface area contributed by atoms with Gasteiger partial charge in [-0.2, -0.15) is 0 Å². The molecule has 0 N–H and O–H groups in total. The third kappa shape index (κ3) is 2.05. The summed E-state index contributed by atoms with van der Waals surface area (Å²) in [5.41, 5.74) is 1.91. The highest BCUT2D eigenvalue weighted by atomic mass is 16.5. The Kier molecular flexibility index (Phi) is 2.89. The Morgan fingerprint density at radius 1 is 1.44 bits per heavy atom. The van der Waals surface area contributed by atoms with Gasteiger partial charge >= 0.3 is 0 Å². The van der Waals surface area contributed by atoms with Crippen LogP contribution in [0.3, 0.4) is 0 Å². The fraction of sp³-hybridized carbons (Fsp3) is 0.615. The van der Waals surface area contributed by atoms with Crippen LogP contribution in [-0.4, -0.2) is 23.1 Å². The summed E-state index contributed by atoms with van der Waals surface area (Å²) in [6, 6.07) is 1.95. The summed E-state index contributed by atoms with van der Waals surface area (Å²) >= 11 is 0. The van der Waals surface area contributed by atoms with E-state index in [-0.39, 0.29) is 11.4 Å². The maximum atomic E-state index is 11.7. The van der Waals surface area contributed by atoms with Crippen molar-refractivity contribution in [3.05, 3.63) is 23.5 Å². The first-order valence-corrected chi connectivity index (χ1v) is 5.80. The van der Waals surface area contributed by atoms with Crippen LogP contribution in [0.4, 0.5) is 0 Å². The van der Waals surface area contributed by atoms with Crippen molar-refractivity contribution in [3.8, 4) is 0 Å². The van der Waals surface area contributed by atoms with E-state index in [0.717, 1.165) is 24.9 Å². The number of hydrogen-bond donors (Lipinski definition) is 0. The van der Waals surface area contributed by atoms with Gasteiger partial charge in [0.05, 0.1) is 12.1 Å². The van der Waals surface area contributed by atoms with Crippen LogP contribution in [0.15, 0.2) is 12.3 Å². The van der Waals surface area contributed by atoms with Crippen molar-refractivity contribution in [2.24, 2.45) is 0 Å². The molecule has 0 fully saturated rings. The van der Waals surface area contributed by atoms with Crippen LogP contribution in [-0.2, 0) is 17.7 Å². The van der Waals surface area contributed by atoms with Gasteiger partial charge < -0.3 is 9.30 Å². The van der Waals surface area contributed by atoms with E-state index < -0.39 is 0 Å². The van der Waals surface area contributed by atoms with Gasteiger partial charge in [0, 0.05) is 31.0 Å². The Morgan fingerprint density at radius 2 is 2.19 bits per heavy atom. The molecule has 0 amide bonds. The van der Waals surface area contributed by atoms with Gasteiger partial charge in [-0.15, -0.1) is 0 Å². The van der Waals surface area contributed by atoms with Gasteiger partial charge in [-0.05, 0) is 32.8 Å². The summed E-state index contributed by atoms with van der Waals surface area (Å²) in [6.45, 7) is 4.92. The number of nitrogens with zero attached hydrogens (tertiary/aromatic N) is 1. The van der Waals surface area contributed by atoms with E-state index in [9.17, 15) is 4.79 Å². The molecule has 1 aliphatic rings. The van der Waals surface area contributed by atoms with E-state index in [1.807, 2.05) is 12.3 Å². The Labute approximate surface area is 96.4 Å². The van der Waals surface area contributed by atoms with E-state index in [0.29, 0.717) is 6.42 Å². The molecule has 0 unspecified atom stereocenters. The largest absolute Gasteiger partial charge is 0.377 e. The first-order chi connectivity index (χ1) is 7.53. The molecule has 0 atom stereocenters. The Bertz CT molecular complexity index is 404. The van der Waals surface area contributed by atoms with Crippen molar-refractivity contribution >= 4 is 5.78 Å². The third-order valence-corrected chi connectivity index (χ3v) is 3.30. The molecule has 0 saturated carbocycles. The van der Waals surface area contributed by atoms with Crippen molar-refractivity contribution in [1.29, 1.82) is 0 Å². The molecule has 0 bridgehead atoms. The van der Waals surface area contributed by atoms with Crippen molar-refractivity contribution in [3.63, 3.8) is 0 Å². The molecule has 1 aromatic rings. The number of fused-ring (bicyclic) bond motifs is 1. The van der Waals surface area contributed by atoms with E-state index in [1.165, 1.54) is 5.69 Å². The van der Waals surface area contributed by atoms with Crippen molar-refractivity contribution in [1.82, 2.24) is 4.57 Å². The highest BCUT2D eigenvalue weighted by Gasteiger charge is 2.24. The summed E-state index contributed by atoms with van der Waals surface area (Å²) in [7, 11) is 1.72.